The number of halogens is 3. The molecule has 6 heteroatoms. The normalized spacial score (nSPS) is 22.4. The van der Waals surface area contributed by atoms with Crippen LogP contribution in [-0.2, 0) is 0 Å². The van der Waals surface area contributed by atoms with Crippen molar-refractivity contribution >= 4 is 5.91 Å². The van der Waals surface area contributed by atoms with Crippen molar-refractivity contribution in [1.82, 2.24) is 5.32 Å². The summed E-state index contributed by atoms with van der Waals surface area (Å²) in [7, 11) is 0. The summed E-state index contributed by atoms with van der Waals surface area (Å²) in [5.41, 5.74) is 0.513. The third kappa shape index (κ3) is 3.75. The highest BCUT2D eigenvalue weighted by atomic mass is 19.4. The van der Waals surface area contributed by atoms with E-state index in [9.17, 15) is 18.0 Å². The van der Waals surface area contributed by atoms with Crippen LogP contribution in [0.15, 0.2) is 24.3 Å². The van der Waals surface area contributed by atoms with Gasteiger partial charge in [-0.05, 0) is 31.0 Å². The van der Waals surface area contributed by atoms with Crippen molar-refractivity contribution in [2.24, 2.45) is 5.92 Å². The Morgan fingerprint density at radius 2 is 2.00 bits per heavy atom. The van der Waals surface area contributed by atoms with E-state index in [1.54, 1.807) is 0 Å². The van der Waals surface area contributed by atoms with Crippen LogP contribution < -0.4 is 5.32 Å². The van der Waals surface area contributed by atoms with Crippen LogP contribution in [0.25, 0.3) is 0 Å². The van der Waals surface area contributed by atoms with Gasteiger partial charge in [-0.2, -0.15) is 18.4 Å². The van der Waals surface area contributed by atoms with Crippen LogP contribution in [0.2, 0.25) is 0 Å². The highest BCUT2D eigenvalue weighted by molar-refractivity contribution is 5.94. The molecule has 0 aromatic heterocycles. The molecule has 0 heterocycles. The molecular weight excluding hydrogens is 281 g/mol. The minimum Gasteiger partial charge on any atom is -0.349 e. The van der Waals surface area contributed by atoms with Crippen LogP contribution in [0.3, 0.4) is 0 Å². The fourth-order valence-electron chi connectivity index (χ4n) is 2.68. The molecule has 1 amide bonds. The number of alkyl halides is 3. The summed E-state index contributed by atoms with van der Waals surface area (Å²) in [6.07, 6.45) is -2.72. The molecule has 2 rings (SSSR count). The third-order valence-corrected chi connectivity index (χ3v) is 3.76. The zero-order valence-electron chi connectivity index (χ0n) is 11.3. The Balaban J connectivity index is 2.12. The number of rotatable bonds is 2. The average molecular weight is 296 g/mol. The minimum absolute atomic E-state index is 0.0483. The molecule has 0 unspecified atom stereocenters. The molecule has 0 saturated heterocycles. The average Bonchev–Trinajstić information content (AvgIpc) is 2.46. The SMILES string of the molecule is N#Cc1cccc(C(=O)N[C@H]2CCCC[C@@H]2C(F)(F)F)c1. The van der Waals surface area contributed by atoms with Crippen molar-refractivity contribution in [2.75, 3.05) is 0 Å². The molecule has 1 aliphatic rings. The Bertz CT molecular complexity index is 563. The number of nitrogens with one attached hydrogen (secondary N) is 1. The molecule has 0 radical (unpaired) electrons. The quantitative estimate of drug-likeness (QED) is 0.909. The van der Waals surface area contributed by atoms with Crippen molar-refractivity contribution in [3.05, 3.63) is 35.4 Å². The zero-order chi connectivity index (χ0) is 15.5. The van der Waals surface area contributed by atoms with Gasteiger partial charge in [0, 0.05) is 11.6 Å². The van der Waals surface area contributed by atoms with Gasteiger partial charge in [-0.25, -0.2) is 0 Å². The van der Waals surface area contributed by atoms with E-state index in [1.807, 2.05) is 6.07 Å². The topological polar surface area (TPSA) is 52.9 Å². The van der Waals surface area contributed by atoms with Gasteiger partial charge in [0.2, 0.25) is 0 Å². The molecule has 112 valence electrons. The molecule has 2 atom stereocenters. The fourth-order valence-corrected chi connectivity index (χ4v) is 2.68. The second kappa shape index (κ2) is 6.17. The van der Waals surface area contributed by atoms with Crippen LogP contribution in [-0.4, -0.2) is 18.1 Å². The molecular formula is C15H15F3N2O. The Morgan fingerprint density at radius 1 is 1.29 bits per heavy atom. The van der Waals surface area contributed by atoms with Crippen molar-refractivity contribution in [1.29, 1.82) is 5.26 Å². The second-order valence-corrected chi connectivity index (χ2v) is 5.21. The molecule has 0 aliphatic heterocycles. The van der Waals surface area contributed by atoms with E-state index in [1.165, 1.54) is 24.3 Å². The smallest absolute Gasteiger partial charge is 0.349 e. The highest BCUT2D eigenvalue weighted by Gasteiger charge is 2.45. The lowest BCUT2D eigenvalue weighted by molar-refractivity contribution is -0.187. The summed E-state index contributed by atoms with van der Waals surface area (Å²) < 4.78 is 38.9. The molecule has 1 N–H and O–H groups in total. The number of hydrogen-bond acceptors (Lipinski definition) is 2. The van der Waals surface area contributed by atoms with Crippen molar-refractivity contribution in [3.8, 4) is 6.07 Å². The van der Waals surface area contributed by atoms with Gasteiger partial charge in [0.25, 0.3) is 5.91 Å². The number of carbonyl (C=O) groups excluding carboxylic acids is 1. The zero-order valence-corrected chi connectivity index (χ0v) is 11.3. The Kier molecular flexibility index (Phi) is 4.51. The first-order valence-corrected chi connectivity index (χ1v) is 6.79. The van der Waals surface area contributed by atoms with Crippen molar-refractivity contribution in [2.45, 2.75) is 37.9 Å². The van der Waals surface area contributed by atoms with Gasteiger partial charge in [-0.3, -0.25) is 4.79 Å². The largest absolute Gasteiger partial charge is 0.393 e. The lowest BCUT2D eigenvalue weighted by Crippen LogP contribution is -2.47. The van der Waals surface area contributed by atoms with Crippen LogP contribution in [0.5, 0.6) is 0 Å². The van der Waals surface area contributed by atoms with Crippen LogP contribution in [0.1, 0.15) is 41.6 Å². The standard InChI is InChI=1S/C15H15F3N2O/c16-15(17,18)12-6-1-2-7-13(12)20-14(21)11-5-3-4-10(8-11)9-19/h3-5,8,12-13H,1-2,6-7H2,(H,20,21)/t12-,13-/m0/s1. The third-order valence-electron chi connectivity index (χ3n) is 3.76. The predicted octanol–water partition coefficient (Wildman–Crippen LogP) is 3.41. The molecule has 1 aromatic rings. The Morgan fingerprint density at radius 3 is 2.67 bits per heavy atom. The lowest BCUT2D eigenvalue weighted by Gasteiger charge is -2.33. The van der Waals surface area contributed by atoms with E-state index in [-0.39, 0.29) is 12.0 Å². The highest BCUT2D eigenvalue weighted by Crippen LogP contribution is 2.37. The number of nitrogens with zero attached hydrogens (tertiary/aromatic N) is 1. The van der Waals surface area contributed by atoms with Crippen LogP contribution in [0.4, 0.5) is 13.2 Å². The molecule has 1 fully saturated rings. The van der Waals surface area contributed by atoms with Crippen LogP contribution >= 0.6 is 0 Å². The minimum atomic E-state index is -4.30. The summed E-state index contributed by atoms with van der Waals surface area (Å²) in [5, 5.41) is 11.3. The molecule has 1 aliphatic carbocycles. The van der Waals surface area contributed by atoms with Gasteiger partial charge in [0.1, 0.15) is 0 Å². The summed E-state index contributed by atoms with van der Waals surface area (Å²) >= 11 is 0. The van der Waals surface area contributed by atoms with Gasteiger partial charge >= 0.3 is 6.18 Å². The first-order valence-electron chi connectivity index (χ1n) is 6.79. The number of hydrogen-bond donors (Lipinski definition) is 1. The van der Waals surface area contributed by atoms with Gasteiger partial charge in [-0.1, -0.05) is 18.9 Å². The monoisotopic (exact) mass is 296 g/mol. The molecule has 0 bridgehead atoms. The predicted molar refractivity (Wildman–Crippen MR) is 70.4 cm³/mol. The van der Waals surface area contributed by atoms with E-state index in [4.69, 9.17) is 5.26 Å². The van der Waals surface area contributed by atoms with E-state index in [0.717, 1.165) is 0 Å². The lowest BCUT2D eigenvalue weighted by atomic mass is 9.84. The maximum absolute atomic E-state index is 13.0. The van der Waals surface area contributed by atoms with Gasteiger partial charge < -0.3 is 5.32 Å². The maximum atomic E-state index is 13.0. The number of carbonyl (C=O) groups is 1. The number of benzene rings is 1. The van der Waals surface area contributed by atoms with Crippen molar-refractivity contribution < 1.29 is 18.0 Å². The summed E-state index contributed by atoms with van der Waals surface area (Å²) in [4.78, 5) is 12.1. The van der Waals surface area contributed by atoms with Gasteiger partial charge in [0.15, 0.2) is 0 Å². The molecule has 0 spiro atoms. The van der Waals surface area contributed by atoms with Gasteiger partial charge in [-0.15, -0.1) is 0 Å². The van der Waals surface area contributed by atoms with E-state index in [2.05, 4.69) is 5.32 Å². The number of amides is 1. The maximum Gasteiger partial charge on any atom is 0.393 e. The first-order chi connectivity index (χ1) is 9.91. The number of nitriles is 1. The molecule has 3 nitrogen and oxygen atoms in total. The summed E-state index contributed by atoms with van der Waals surface area (Å²) in [5.74, 6) is -2.05. The Hall–Kier alpha value is -2.03. The molecule has 1 saturated carbocycles. The van der Waals surface area contributed by atoms with E-state index in [0.29, 0.717) is 24.8 Å². The van der Waals surface area contributed by atoms with Gasteiger partial charge in [0.05, 0.1) is 17.6 Å². The summed E-state index contributed by atoms with van der Waals surface area (Å²) in [6.45, 7) is 0. The van der Waals surface area contributed by atoms with Crippen molar-refractivity contribution in [3.63, 3.8) is 0 Å². The van der Waals surface area contributed by atoms with Crippen LogP contribution in [0, 0.1) is 17.2 Å². The van der Waals surface area contributed by atoms with E-state index < -0.39 is 24.0 Å². The molecule has 21 heavy (non-hydrogen) atoms. The second-order valence-electron chi connectivity index (χ2n) is 5.21. The first kappa shape index (κ1) is 15.4. The molecule has 1 aromatic carbocycles. The summed E-state index contributed by atoms with van der Waals surface area (Å²) in [6, 6.07) is 6.95. The van der Waals surface area contributed by atoms with E-state index >= 15 is 0 Å². The fraction of sp³-hybridized carbons (Fsp3) is 0.467. The Labute approximate surface area is 120 Å².